The molecule has 0 saturated carbocycles. The summed E-state index contributed by atoms with van der Waals surface area (Å²) in [6, 6.07) is 8.11. The smallest absolute Gasteiger partial charge is 0.0994 e. The first-order chi connectivity index (χ1) is 7.31. The van der Waals surface area contributed by atoms with Crippen LogP contribution in [0.25, 0.3) is 5.69 Å². The molecule has 78 valence electrons. The summed E-state index contributed by atoms with van der Waals surface area (Å²) in [6.45, 7) is 0.639. The summed E-state index contributed by atoms with van der Waals surface area (Å²) in [5.74, 6) is 0. The van der Waals surface area contributed by atoms with Crippen molar-refractivity contribution in [1.82, 2.24) is 9.55 Å². The quantitative estimate of drug-likeness (QED) is 0.924. The molecule has 2 aromatic rings. The summed E-state index contributed by atoms with van der Waals surface area (Å²) >= 11 is 3.45. The monoisotopic (exact) mass is 265 g/mol. The van der Waals surface area contributed by atoms with Gasteiger partial charge in [0.15, 0.2) is 0 Å². The Morgan fingerprint density at radius 2 is 2.27 bits per heavy atom. The predicted octanol–water partition coefficient (Wildman–Crippen LogP) is 2.14. The van der Waals surface area contributed by atoms with Crippen molar-refractivity contribution in [2.24, 2.45) is 5.73 Å². The molecule has 0 atom stereocenters. The molecule has 2 N–H and O–H groups in total. The molecule has 0 spiro atoms. The van der Waals surface area contributed by atoms with Crippen molar-refractivity contribution >= 4 is 15.9 Å². The minimum absolute atomic E-state index is 0.639. The summed E-state index contributed by atoms with van der Waals surface area (Å²) in [5.41, 5.74) is 7.78. The van der Waals surface area contributed by atoms with Crippen LogP contribution in [-0.2, 0) is 6.42 Å². The van der Waals surface area contributed by atoms with Crippen molar-refractivity contribution in [3.63, 3.8) is 0 Å². The van der Waals surface area contributed by atoms with Gasteiger partial charge in [0, 0.05) is 28.5 Å². The van der Waals surface area contributed by atoms with Gasteiger partial charge < -0.3 is 10.3 Å². The average Bonchev–Trinajstić information content (AvgIpc) is 2.66. The van der Waals surface area contributed by atoms with Crippen LogP contribution in [-0.4, -0.2) is 16.1 Å². The van der Waals surface area contributed by atoms with Gasteiger partial charge in [-0.3, -0.25) is 0 Å². The lowest BCUT2D eigenvalue weighted by Gasteiger charge is -2.07. The van der Waals surface area contributed by atoms with E-state index in [1.54, 1.807) is 0 Å². The van der Waals surface area contributed by atoms with E-state index in [0.717, 1.165) is 22.3 Å². The molecule has 0 aliphatic carbocycles. The molecule has 4 heteroatoms. The van der Waals surface area contributed by atoms with E-state index in [4.69, 9.17) is 5.73 Å². The third-order valence-electron chi connectivity index (χ3n) is 2.20. The van der Waals surface area contributed by atoms with E-state index in [-0.39, 0.29) is 0 Å². The van der Waals surface area contributed by atoms with Crippen LogP contribution in [0.5, 0.6) is 0 Å². The van der Waals surface area contributed by atoms with Gasteiger partial charge in [0.2, 0.25) is 0 Å². The first kappa shape index (κ1) is 10.4. The standard InChI is InChI=1S/C11H12BrN3/c12-9-2-1-3-10(6-9)15-8-14-7-11(15)4-5-13/h1-3,6-8H,4-5,13H2. The SMILES string of the molecule is NCCc1cncn1-c1cccc(Br)c1. The third kappa shape index (κ3) is 2.27. The molecule has 0 unspecified atom stereocenters. The molecule has 1 aromatic heterocycles. The number of hydrogen-bond donors (Lipinski definition) is 1. The normalized spacial score (nSPS) is 10.5. The van der Waals surface area contributed by atoms with Crippen molar-refractivity contribution in [2.45, 2.75) is 6.42 Å². The van der Waals surface area contributed by atoms with Crippen molar-refractivity contribution in [3.8, 4) is 5.69 Å². The minimum Gasteiger partial charge on any atom is -0.330 e. The molecule has 0 radical (unpaired) electrons. The van der Waals surface area contributed by atoms with Crippen LogP contribution in [0.3, 0.4) is 0 Å². The lowest BCUT2D eigenvalue weighted by Crippen LogP contribution is -2.07. The fourth-order valence-electron chi connectivity index (χ4n) is 1.51. The zero-order valence-corrected chi connectivity index (χ0v) is 9.81. The predicted molar refractivity (Wildman–Crippen MR) is 64.0 cm³/mol. The minimum atomic E-state index is 0.639. The van der Waals surface area contributed by atoms with E-state index in [9.17, 15) is 0 Å². The Labute approximate surface area is 97.1 Å². The van der Waals surface area contributed by atoms with Crippen LogP contribution in [0.1, 0.15) is 5.69 Å². The van der Waals surface area contributed by atoms with Gasteiger partial charge in [-0.2, -0.15) is 0 Å². The van der Waals surface area contributed by atoms with E-state index in [0.29, 0.717) is 6.54 Å². The Kier molecular flexibility index (Phi) is 3.18. The number of aromatic nitrogens is 2. The fourth-order valence-corrected chi connectivity index (χ4v) is 1.90. The number of nitrogens with two attached hydrogens (primary N) is 1. The van der Waals surface area contributed by atoms with Gasteiger partial charge in [0.1, 0.15) is 0 Å². The number of rotatable bonds is 3. The maximum absolute atomic E-state index is 5.55. The Balaban J connectivity index is 2.40. The van der Waals surface area contributed by atoms with Crippen molar-refractivity contribution in [3.05, 3.63) is 47.0 Å². The molecule has 0 fully saturated rings. The molecule has 0 bridgehead atoms. The number of hydrogen-bond acceptors (Lipinski definition) is 2. The van der Waals surface area contributed by atoms with E-state index >= 15 is 0 Å². The molecule has 1 heterocycles. The van der Waals surface area contributed by atoms with Crippen molar-refractivity contribution in [1.29, 1.82) is 0 Å². The van der Waals surface area contributed by atoms with Crippen LogP contribution in [0, 0.1) is 0 Å². The van der Waals surface area contributed by atoms with Gasteiger partial charge >= 0.3 is 0 Å². The lowest BCUT2D eigenvalue weighted by molar-refractivity contribution is 0.873. The molecule has 15 heavy (non-hydrogen) atoms. The second kappa shape index (κ2) is 4.59. The molecule has 0 aliphatic rings. The Hall–Kier alpha value is -1.13. The molecule has 3 nitrogen and oxygen atoms in total. The number of imidazole rings is 1. The van der Waals surface area contributed by atoms with E-state index < -0.39 is 0 Å². The summed E-state index contributed by atoms with van der Waals surface area (Å²) < 4.78 is 3.12. The number of benzene rings is 1. The largest absolute Gasteiger partial charge is 0.330 e. The Morgan fingerprint density at radius 1 is 1.40 bits per heavy atom. The summed E-state index contributed by atoms with van der Waals surface area (Å²) in [6.07, 6.45) is 4.51. The lowest BCUT2D eigenvalue weighted by atomic mass is 10.3. The molecule has 0 saturated heterocycles. The molecule has 0 aliphatic heterocycles. The summed E-state index contributed by atoms with van der Waals surface area (Å²) in [4.78, 5) is 4.14. The number of nitrogens with zero attached hydrogens (tertiary/aromatic N) is 2. The van der Waals surface area contributed by atoms with Gasteiger partial charge in [-0.25, -0.2) is 4.98 Å². The van der Waals surface area contributed by atoms with Gasteiger partial charge in [0.25, 0.3) is 0 Å². The highest BCUT2D eigenvalue weighted by Crippen LogP contribution is 2.17. The molecule has 0 amide bonds. The van der Waals surface area contributed by atoms with Gasteiger partial charge in [-0.15, -0.1) is 0 Å². The zero-order valence-electron chi connectivity index (χ0n) is 8.23. The van der Waals surface area contributed by atoms with Gasteiger partial charge in [-0.05, 0) is 24.7 Å². The topological polar surface area (TPSA) is 43.8 Å². The highest BCUT2D eigenvalue weighted by molar-refractivity contribution is 9.10. The van der Waals surface area contributed by atoms with Crippen LogP contribution in [0.15, 0.2) is 41.3 Å². The van der Waals surface area contributed by atoms with E-state index in [1.807, 2.05) is 30.7 Å². The van der Waals surface area contributed by atoms with Gasteiger partial charge in [0.05, 0.1) is 6.33 Å². The molecule has 1 aromatic carbocycles. The fraction of sp³-hybridized carbons (Fsp3) is 0.182. The van der Waals surface area contributed by atoms with Crippen LogP contribution in [0.2, 0.25) is 0 Å². The van der Waals surface area contributed by atoms with Crippen molar-refractivity contribution in [2.75, 3.05) is 6.54 Å². The third-order valence-corrected chi connectivity index (χ3v) is 2.70. The molecular weight excluding hydrogens is 254 g/mol. The van der Waals surface area contributed by atoms with Gasteiger partial charge in [-0.1, -0.05) is 22.0 Å². The second-order valence-corrected chi connectivity index (χ2v) is 4.19. The first-order valence-electron chi connectivity index (χ1n) is 4.78. The van der Waals surface area contributed by atoms with Crippen LogP contribution < -0.4 is 5.73 Å². The van der Waals surface area contributed by atoms with E-state index in [1.165, 1.54) is 0 Å². The second-order valence-electron chi connectivity index (χ2n) is 3.27. The molecular formula is C11H12BrN3. The maximum atomic E-state index is 5.55. The summed E-state index contributed by atoms with van der Waals surface area (Å²) in [7, 11) is 0. The zero-order chi connectivity index (χ0) is 10.7. The highest BCUT2D eigenvalue weighted by atomic mass is 79.9. The number of halogens is 1. The highest BCUT2D eigenvalue weighted by Gasteiger charge is 2.03. The maximum Gasteiger partial charge on any atom is 0.0994 e. The molecule has 2 rings (SSSR count). The Morgan fingerprint density at radius 3 is 3.00 bits per heavy atom. The summed E-state index contributed by atoms with van der Waals surface area (Å²) in [5, 5.41) is 0. The van der Waals surface area contributed by atoms with Crippen LogP contribution in [0.4, 0.5) is 0 Å². The Bertz CT molecular complexity index is 451. The van der Waals surface area contributed by atoms with E-state index in [2.05, 4.69) is 31.5 Å². The first-order valence-corrected chi connectivity index (χ1v) is 5.58. The average molecular weight is 266 g/mol. The van der Waals surface area contributed by atoms with Crippen molar-refractivity contribution < 1.29 is 0 Å². The van der Waals surface area contributed by atoms with Crippen LogP contribution >= 0.6 is 15.9 Å².